The third-order valence-electron chi connectivity index (χ3n) is 8.06. The number of hydrogen-bond acceptors (Lipinski definition) is 4. The van der Waals surface area contributed by atoms with Crippen molar-refractivity contribution in [3.63, 3.8) is 0 Å². The third-order valence-corrected chi connectivity index (χ3v) is 8.80. The van der Waals surface area contributed by atoms with Gasteiger partial charge in [0.05, 0.1) is 16.0 Å². The maximum absolute atomic E-state index is 14.2. The number of likely N-dealkylation sites (tertiary alicyclic amines) is 1. The predicted octanol–water partition coefficient (Wildman–Crippen LogP) is 7.21. The van der Waals surface area contributed by atoms with Gasteiger partial charge in [0.15, 0.2) is 5.88 Å². The summed E-state index contributed by atoms with van der Waals surface area (Å²) in [6.07, 6.45) is 2.83. The van der Waals surface area contributed by atoms with E-state index in [-0.39, 0.29) is 17.6 Å². The monoisotopic (exact) mass is 581 g/mol. The summed E-state index contributed by atoms with van der Waals surface area (Å²) in [6, 6.07) is 20.4. The van der Waals surface area contributed by atoms with Crippen LogP contribution in [0.25, 0.3) is 0 Å². The minimum Gasteiger partial charge on any atom is -0.468 e. The van der Waals surface area contributed by atoms with E-state index in [4.69, 9.17) is 27.9 Å². The van der Waals surface area contributed by atoms with Crippen LogP contribution in [0.4, 0.5) is 10.1 Å². The molecule has 1 amide bonds. The first-order chi connectivity index (χ1) is 19.2. The van der Waals surface area contributed by atoms with Crippen molar-refractivity contribution in [2.75, 3.05) is 38.5 Å². The number of amides is 1. The van der Waals surface area contributed by atoms with Crippen molar-refractivity contribution in [3.8, 4) is 0 Å². The molecule has 1 spiro atoms. The first-order valence-corrected chi connectivity index (χ1v) is 14.4. The van der Waals surface area contributed by atoms with Crippen molar-refractivity contribution in [1.82, 2.24) is 9.80 Å². The van der Waals surface area contributed by atoms with Gasteiger partial charge in [-0.05, 0) is 67.4 Å². The maximum atomic E-state index is 14.2. The minimum atomic E-state index is -0.604. The molecular formula is C32H34Cl2FN3O2. The minimum absolute atomic E-state index is 0.0604. The van der Waals surface area contributed by atoms with Crippen molar-refractivity contribution in [1.29, 1.82) is 0 Å². The van der Waals surface area contributed by atoms with Crippen LogP contribution in [0.1, 0.15) is 41.9 Å². The average molecular weight is 583 g/mol. The number of nitrogens with one attached hydrogen (secondary N) is 1. The van der Waals surface area contributed by atoms with E-state index < -0.39 is 5.60 Å². The number of fused-ring (bicyclic) bond motifs is 2. The molecule has 0 bridgehead atoms. The Morgan fingerprint density at radius 3 is 2.58 bits per heavy atom. The topological polar surface area (TPSA) is 44.8 Å². The van der Waals surface area contributed by atoms with Gasteiger partial charge in [-0.3, -0.25) is 4.79 Å². The Morgan fingerprint density at radius 1 is 1.10 bits per heavy atom. The van der Waals surface area contributed by atoms with Gasteiger partial charge in [0.2, 0.25) is 5.91 Å². The van der Waals surface area contributed by atoms with Crippen LogP contribution >= 0.6 is 23.2 Å². The van der Waals surface area contributed by atoms with Gasteiger partial charge in [-0.25, -0.2) is 4.39 Å². The lowest BCUT2D eigenvalue weighted by atomic mass is 9.82. The zero-order valence-corrected chi connectivity index (χ0v) is 24.1. The smallest absolute Gasteiger partial charge is 0.229 e. The maximum Gasteiger partial charge on any atom is 0.229 e. The predicted molar refractivity (Wildman–Crippen MR) is 159 cm³/mol. The fourth-order valence-corrected chi connectivity index (χ4v) is 6.08. The van der Waals surface area contributed by atoms with Crippen LogP contribution in [-0.4, -0.2) is 48.9 Å². The molecule has 5 rings (SSSR count). The molecule has 2 heterocycles. The molecule has 8 heteroatoms. The zero-order chi connectivity index (χ0) is 28.3. The van der Waals surface area contributed by atoms with Crippen LogP contribution in [0.3, 0.4) is 0 Å². The number of anilines is 1. The molecule has 0 aromatic heterocycles. The van der Waals surface area contributed by atoms with Crippen molar-refractivity contribution in [2.24, 2.45) is 0 Å². The van der Waals surface area contributed by atoms with Gasteiger partial charge in [0.25, 0.3) is 0 Å². The molecule has 40 heavy (non-hydrogen) atoms. The molecule has 3 aromatic carbocycles. The van der Waals surface area contributed by atoms with Gasteiger partial charge < -0.3 is 19.9 Å². The molecule has 210 valence electrons. The van der Waals surface area contributed by atoms with Crippen molar-refractivity contribution >= 4 is 34.8 Å². The lowest BCUT2D eigenvalue weighted by Crippen LogP contribution is -2.47. The number of benzene rings is 3. The van der Waals surface area contributed by atoms with Crippen LogP contribution in [0, 0.1) is 5.82 Å². The number of carbonyl (C=O) groups is 1. The molecule has 1 fully saturated rings. The summed E-state index contributed by atoms with van der Waals surface area (Å²) < 4.78 is 20.4. The Morgan fingerprint density at radius 2 is 1.85 bits per heavy atom. The van der Waals surface area contributed by atoms with E-state index in [2.05, 4.69) is 28.9 Å². The summed E-state index contributed by atoms with van der Waals surface area (Å²) in [7, 11) is 1.86. The van der Waals surface area contributed by atoms with Crippen molar-refractivity contribution < 1.29 is 13.9 Å². The fourth-order valence-electron chi connectivity index (χ4n) is 5.77. The van der Waals surface area contributed by atoms with E-state index >= 15 is 0 Å². The lowest BCUT2D eigenvalue weighted by Gasteiger charge is -2.46. The summed E-state index contributed by atoms with van der Waals surface area (Å²) in [5.41, 5.74) is 3.13. The molecule has 1 unspecified atom stereocenters. The first kappa shape index (κ1) is 28.5. The first-order valence-electron chi connectivity index (χ1n) is 13.7. The Balaban J connectivity index is 1.27. The van der Waals surface area contributed by atoms with Gasteiger partial charge in [0.1, 0.15) is 11.4 Å². The number of hydrogen-bond donors (Lipinski definition) is 1. The highest BCUT2D eigenvalue weighted by molar-refractivity contribution is 6.42. The molecule has 0 aliphatic carbocycles. The molecule has 1 atom stereocenters. The van der Waals surface area contributed by atoms with Crippen LogP contribution in [0.5, 0.6) is 0 Å². The molecule has 1 saturated heterocycles. The molecular weight excluding hydrogens is 548 g/mol. The van der Waals surface area contributed by atoms with Crippen LogP contribution < -0.4 is 5.32 Å². The fraction of sp³-hybridized carbons (Fsp3) is 0.344. The third kappa shape index (κ3) is 6.30. The molecule has 5 nitrogen and oxygen atoms in total. The summed E-state index contributed by atoms with van der Waals surface area (Å²) in [4.78, 5) is 17.9. The van der Waals surface area contributed by atoms with E-state index in [1.807, 2.05) is 42.3 Å². The van der Waals surface area contributed by atoms with Crippen LogP contribution in [0.15, 0.2) is 79.2 Å². The highest BCUT2D eigenvalue weighted by atomic mass is 35.5. The van der Waals surface area contributed by atoms with E-state index in [0.29, 0.717) is 41.7 Å². The quantitative estimate of drug-likeness (QED) is 0.305. The molecule has 3 aromatic rings. The molecule has 2 aliphatic rings. The standard InChI is InChI=1S/C32H34Cl2FN3O2/c1-22-36-30-11-9-25(35)21-27(30)32(40-22)14-18-38(19-15-32)17-13-26(24-8-10-28(33)29(34)20-24)31(39)37(2)16-12-23-6-4-3-5-7-23/h3-11,20-21,26,36H,1,12-19H2,2H3. The second kappa shape index (κ2) is 12.2. The number of piperidine rings is 1. The van der Waals surface area contributed by atoms with E-state index in [0.717, 1.165) is 42.9 Å². The van der Waals surface area contributed by atoms with Gasteiger partial charge in [-0.2, -0.15) is 0 Å². The van der Waals surface area contributed by atoms with Crippen molar-refractivity contribution in [3.05, 3.63) is 112 Å². The van der Waals surface area contributed by atoms with Crippen LogP contribution in [0.2, 0.25) is 10.0 Å². The van der Waals surface area contributed by atoms with Gasteiger partial charge >= 0.3 is 0 Å². The van der Waals surface area contributed by atoms with Gasteiger partial charge in [-0.15, -0.1) is 0 Å². The van der Waals surface area contributed by atoms with Gasteiger partial charge in [-0.1, -0.05) is 59.6 Å². The number of carbonyl (C=O) groups excluding carboxylic acids is 1. The molecule has 0 saturated carbocycles. The average Bonchev–Trinajstić information content (AvgIpc) is 2.95. The number of halogens is 3. The number of nitrogens with zero attached hydrogens (tertiary/aromatic N) is 2. The normalized spacial score (nSPS) is 17.1. The largest absolute Gasteiger partial charge is 0.468 e. The van der Waals surface area contributed by atoms with E-state index in [1.165, 1.54) is 11.6 Å². The highest BCUT2D eigenvalue weighted by Crippen LogP contribution is 2.45. The Kier molecular flexibility index (Phi) is 8.69. The van der Waals surface area contributed by atoms with Gasteiger partial charge in [0, 0.05) is 50.8 Å². The second-order valence-electron chi connectivity index (χ2n) is 10.7. The van der Waals surface area contributed by atoms with Crippen molar-refractivity contribution in [2.45, 2.75) is 37.2 Å². The second-order valence-corrected chi connectivity index (χ2v) is 11.5. The SMILES string of the molecule is C=C1Nc2ccc(F)cc2C2(CCN(CCC(C(=O)N(C)CCc3ccccc3)c3ccc(Cl)c(Cl)c3)CC2)O1. The van der Waals surface area contributed by atoms with Crippen LogP contribution in [-0.2, 0) is 21.6 Å². The Hall–Kier alpha value is -3.06. The summed E-state index contributed by atoms with van der Waals surface area (Å²) in [6.45, 7) is 6.85. The Labute approximate surface area is 245 Å². The summed E-state index contributed by atoms with van der Waals surface area (Å²) in [5.74, 6) is -0.0875. The Bertz CT molecular complexity index is 1380. The number of ether oxygens (including phenoxy) is 1. The summed E-state index contributed by atoms with van der Waals surface area (Å²) in [5, 5.41) is 4.03. The van der Waals surface area contributed by atoms with E-state index in [1.54, 1.807) is 18.2 Å². The number of rotatable bonds is 8. The lowest BCUT2D eigenvalue weighted by molar-refractivity contribution is -0.131. The van der Waals surface area contributed by atoms with E-state index in [9.17, 15) is 9.18 Å². The zero-order valence-electron chi connectivity index (χ0n) is 22.6. The molecule has 0 radical (unpaired) electrons. The summed E-state index contributed by atoms with van der Waals surface area (Å²) >= 11 is 12.5. The highest BCUT2D eigenvalue weighted by Gasteiger charge is 2.43. The number of likely N-dealkylation sites (N-methyl/N-ethyl adjacent to an activating group) is 1. The molecule has 1 N–H and O–H groups in total. The molecule has 2 aliphatic heterocycles.